The Hall–Kier alpha value is -2.49. The smallest absolute Gasteiger partial charge is 0.337 e. The highest BCUT2D eigenvalue weighted by Gasteiger charge is 2.16. The maximum Gasteiger partial charge on any atom is 0.337 e. The summed E-state index contributed by atoms with van der Waals surface area (Å²) in [6.07, 6.45) is 0. The summed E-state index contributed by atoms with van der Waals surface area (Å²) < 4.78 is 5.20. The predicted molar refractivity (Wildman–Crippen MR) is 83.9 cm³/mol. The number of aromatic carboxylic acids is 1. The van der Waals surface area contributed by atoms with E-state index in [-0.39, 0.29) is 5.56 Å². The van der Waals surface area contributed by atoms with Crippen LogP contribution in [0.1, 0.15) is 21.5 Å². The van der Waals surface area contributed by atoms with Crippen LogP contribution in [0, 0.1) is 13.8 Å². The molecule has 2 aromatic rings. The second-order valence-electron chi connectivity index (χ2n) is 5.09. The SMILES string of the molecule is COc1ccc(C(=O)O)c(N(C)c2cc(C)cc(C)c2)c1. The molecule has 0 heterocycles. The molecule has 1 N–H and O–H groups in total. The van der Waals surface area contributed by atoms with Crippen LogP contribution < -0.4 is 9.64 Å². The van der Waals surface area contributed by atoms with Gasteiger partial charge in [-0.1, -0.05) is 6.07 Å². The highest BCUT2D eigenvalue weighted by atomic mass is 16.5. The molecular formula is C17H19NO3. The van der Waals surface area contributed by atoms with Crippen molar-refractivity contribution in [2.75, 3.05) is 19.1 Å². The molecule has 0 amide bonds. The molecule has 0 saturated carbocycles. The van der Waals surface area contributed by atoms with E-state index in [4.69, 9.17) is 4.74 Å². The number of ether oxygens (including phenoxy) is 1. The van der Waals surface area contributed by atoms with Gasteiger partial charge >= 0.3 is 5.97 Å². The van der Waals surface area contributed by atoms with Crippen LogP contribution in [0.25, 0.3) is 0 Å². The second kappa shape index (κ2) is 5.87. The Morgan fingerprint density at radius 2 is 1.71 bits per heavy atom. The van der Waals surface area contributed by atoms with Crippen LogP contribution in [0.15, 0.2) is 36.4 Å². The number of hydrogen-bond donors (Lipinski definition) is 1. The van der Waals surface area contributed by atoms with Crippen LogP contribution in [0.3, 0.4) is 0 Å². The van der Waals surface area contributed by atoms with Gasteiger partial charge < -0.3 is 14.7 Å². The topological polar surface area (TPSA) is 49.8 Å². The molecular weight excluding hydrogens is 266 g/mol. The first-order valence-electron chi connectivity index (χ1n) is 6.65. The monoisotopic (exact) mass is 285 g/mol. The van der Waals surface area contributed by atoms with Crippen molar-refractivity contribution in [3.05, 3.63) is 53.1 Å². The number of nitrogens with zero attached hydrogens (tertiary/aromatic N) is 1. The zero-order chi connectivity index (χ0) is 15.6. The van der Waals surface area contributed by atoms with Crippen molar-refractivity contribution in [2.45, 2.75) is 13.8 Å². The Kier molecular flexibility index (Phi) is 4.17. The maximum absolute atomic E-state index is 11.4. The van der Waals surface area contributed by atoms with Crippen molar-refractivity contribution < 1.29 is 14.6 Å². The first-order chi connectivity index (χ1) is 9.92. The molecule has 2 aromatic carbocycles. The average Bonchev–Trinajstić information content (AvgIpc) is 2.44. The molecule has 0 fully saturated rings. The van der Waals surface area contributed by atoms with Crippen molar-refractivity contribution in [3.63, 3.8) is 0 Å². The third kappa shape index (κ3) is 3.16. The van der Waals surface area contributed by atoms with E-state index >= 15 is 0 Å². The summed E-state index contributed by atoms with van der Waals surface area (Å²) in [4.78, 5) is 13.3. The summed E-state index contributed by atoms with van der Waals surface area (Å²) in [5, 5.41) is 9.37. The fraction of sp³-hybridized carbons (Fsp3) is 0.235. The van der Waals surface area contributed by atoms with Gasteiger partial charge in [-0.05, 0) is 49.2 Å². The number of hydrogen-bond acceptors (Lipinski definition) is 3. The third-order valence-electron chi connectivity index (χ3n) is 3.39. The van der Waals surface area contributed by atoms with E-state index in [1.165, 1.54) is 0 Å². The minimum Gasteiger partial charge on any atom is -0.497 e. The zero-order valence-electron chi connectivity index (χ0n) is 12.7. The molecule has 2 rings (SSSR count). The predicted octanol–water partition coefficient (Wildman–Crippen LogP) is 3.78. The van der Waals surface area contributed by atoms with Gasteiger partial charge in [-0.2, -0.15) is 0 Å². The van der Waals surface area contributed by atoms with Crippen molar-refractivity contribution in [1.29, 1.82) is 0 Å². The van der Waals surface area contributed by atoms with E-state index in [1.807, 2.05) is 37.9 Å². The van der Waals surface area contributed by atoms with Crippen molar-refractivity contribution in [3.8, 4) is 5.75 Å². The summed E-state index contributed by atoms with van der Waals surface area (Å²) in [5.41, 5.74) is 4.07. The molecule has 0 unspecified atom stereocenters. The number of anilines is 2. The first-order valence-corrected chi connectivity index (χ1v) is 6.65. The summed E-state index contributed by atoms with van der Waals surface area (Å²) in [5.74, 6) is -0.324. The Labute approximate surface area is 124 Å². The van der Waals surface area contributed by atoms with Crippen LogP contribution in [-0.2, 0) is 0 Å². The normalized spacial score (nSPS) is 10.3. The van der Waals surface area contributed by atoms with Gasteiger partial charge in [-0.25, -0.2) is 4.79 Å². The molecule has 0 bridgehead atoms. The summed E-state index contributed by atoms with van der Waals surface area (Å²) in [7, 11) is 3.42. The second-order valence-corrected chi connectivity index (χ2v) is 5.09. The molecule has 0 spiro atoms. The van der Waals surface area contributed by atoms with Crippen LogP contribution >= 0.6 is 0 Å². The van der Waals surface area contributed by atoms with Gasteiger partial charge in [0.1, 0.15) is 5.75 Å². The van der Waals surface area contributed by atoms with E-state index < -0.39 is 5.97 Å². The molecule has 4 nitrogen and oxygen atoms in total. The van der Waals surface area contributed by atoms with Gasteiger partial charge in [0, 0.05) is 18.8 Å². The van der Waals surface area contributed by atoms with Crippen molar-refractivity contribution >= 4 is 17.3 Å². The molecule has 0 atom stereocenters. The van der Waals surface area contributed by atoms with Crippen LogP contribution in [0.4, 0.5) is 11.4 Å². The van der Waals surface area contributed by atoms with Gasteiger partial charge in [0.2, 0.25) is 0 Å². The maximum atomic E-state index is 11.4. The lowest BCUT2D eigenvalue weighted by molar-refractivity contribution is 0.0697. The van der Waals surface area contributed by atoms with E-state index in [0.717, 1.165) is 16.8 Å². The minimum absolute atomic E-state index is 0.248. The fourth-order valence-electron chi connectivity index (χ4n) is 2.38. The number of benzene rings is 2. The number of carboxylic acid groups (broad SMARTS) is 1. The number of methoxy groups -OCH3 is 1. The Morgan fingerprint density at radius 3 is 2.24 bits per heavy atom. The summed E-state index contributed by atoms with van der Waals surface area (Å²) >= 11 is 0. The summed E-state index contributed by atoms with van der Waals surface area (Å²) in [6.45, 7) is 4.04. The van der Waals surface area contributed by atoms with Gasteiger partial charge in [-0.15, -0.1) is 0 Å². The molecule has 4 heteroatoms. The molecule has 0 radical (unpaired) electrons. The Balaban J connectivity index is 2.55. The van der Waals surface area contributed by atoms with E-state index in [2.05, 4.69) is 6.07 Å². The standard InChI is InChI=1S/C17H19NO3/c1-11-7-12(2)9-13(8-11)18(3)16-10-14(21-4)5-6-15(16)17(19)20/h5-10H,1-4H3,(H,19,20). The fourth-order valence-corrected chi connectivity index (χ4v) is 2.38. The van der Waals surface area contributed by atoms with Gasteiger partial charge in [0.05, 0.1) is 18.4 Å². The number of carboxylic acids is 1. The number of carbonyl (C=O) groups is 1. The number of rotatable bonds is 4. The molecule has 110 valence electrons. The third-order valence-corrected chi connectivity index (χ3v) is 3.39. The first kappa shape index (κ1) is 14.9. The Bertz CT molecular complexity index is 659. The van der Waals surface area contributed by atoms with Crippen molar-refractivity contribution in [2.24, 2.45) is 0 Å². The highest BCUT2D eigenvalue weighted by molar-refractivity contribution is 5.96. The van der Waals surface area contributed by atoms with E-state index in [1.54, 1.807) is 25.3 Å². The van der Waals surface area contributed by atoms with Crippen LogP contribution in [0.5, 0.6) is 5.75 Å². The molecule has 21 heavy (non-hydrogen) atoms. The van der Waals surface area contributed by atoms with Crippen LogP contribution in [0.2, 0.25) is 0 Å². The molecule has 0 saturated heterocycles. The quantitative estimate of drug-likeness (QED) is 0.928. The molecule has 0 aromatic heterocycles. The van der Waals surface area contributed by atoms with E-state index in [0.29, 0.717) is 11.4 Å². The van der Waals surface area contributed by atoms with Crippen LogP contribution in [-0.4, -0.2) is 25.2 Å². The van der Waals surface area contributed by atoms with Gasteiger partial charge in [0.15, 0.2) is 0 Å². The van der Waals surface area contributed by atoms with Gasteiger partial charge in [0.25, 0.3) is 0 Å². The Morgan fingerprint density at radius 1 is 1.10 bits per heavy atom. The van der Waals surface area contributed by atoms with Gasteiger partial charge in [-0.3, -0.25) is 0 Å². The lowest BCUT2D eigenvalue weighted by Gasteiger charge is -2.23. The zero-order valence-corrected chi connectivity index (χ0v) is 12.7. The molecule has 0 aliphatic heterocycles. The molecule has 0 aliphatic carbocycles. The largest absolute Gasteiger partial charge is 0.497 e. The van der Waals surface area contributed by atoms with E-state index in [9.17, 15) is 9.90 Å². The summed E-state index contributed by atoms with van der Waals surface area (Å²) in [6, 6.07) is 11.1. The lowest BCUT2D eigenvalue weighted by atomic mass is 10.1. The minimum atomic E-state index is -0.955. The van der Waals surface area contributed by atoms with Crippen molar-refractivity contribution in [1.82, 2.24) is 0 Å². The highest BCUT2D eigenvalue weighted by Crippen LogP contribution is 2.31. The average molecular weight is 285 g/mol. The number of aryl methyl sites for hydroxylation is 2. The molecule has 0 aliphatic rings. The lowest BCUT2D eigenvalue weighted by Crippen LogP contribution is -2.14.